The number of nitrogens with one attached hydrogen (secondary N) is 1. The molecule has 0 bridgehead atoms. The molecule has 0 fully saturated rings. The Balaban J connectivity index is 2.38. The molecule has 0 amide bonds. The van der Waals surface area contributed by atoms with E-state index in [1.807, 2.05) is 14.1 Å². The fraction of sp³-hybridized carbons (Fsp3) is 0.417. The SMILES string of the molecule is CN(C)CCNc1nn(C)c(=O)c2cccnc12. The van der Waals surface area contributed by atoms with Crippen molar-refractivity contribution in [2.45, 2.75) is 0 Å². The fourth-order valence-corrected chi connectivity index (χ4v) is 1.70. The average Bonchev–Trinajstić information content (AvgIpc) is 2.35. The zero-order valence-corrected chi connectivity index (χ0v) is 10.8. The molecule has 1 N–H and O–H groups in total. The lowest BCUT2D eigenvalue weighted by atomic mass is 10.3. The number of hydrogen-bond acceptors (Lipinski definition) is 5. The van der Waals surface area contributed by atoms with Crippen LogP contribution in [0.1, 0.15) is 0 Å². The highest BCUT2D eigenvalue weighted by molar-refractivity contribution is 5.86. The predicted molar refractivity (Wildman–Crippen MR) is 71.8 cm³/mol. The van der Waals surface area contributed by atoms with Crippen molar-refractivity contribution in [2.24, 2.45) is 7.05 Å². The summed E-state index contributed by atoms with van der Waals surface area (Å²) in [6, 6.07) is 3.52. The lowest BCUT2D eigenvalue weighted by Gasteiger charge is -2.12. The standard InChI is InChI=1S/C12H17N5O/c1-16(2)8-7-14-11-10-9(5-4-6-13-10)12(18)17(3)15-11/h4-6H,7-8H2,1-3H3,(H,14,15). The third kappa shape index (κ3) is 2.48. The second kappa shape index (κ2) is 5.14. The molecule has 2 aromatic rings. The van der Waals surface area contributed by atoms with Crippen LogP contribution >= 0.6 is 0 Å². The summed E-state index contributed by atoms with van der Waals surface area (Å²) in [5.74, 6) is 0.648. The maximum Gasteiger partial charge on any atom is 0.276 e. The molecule has 0 saturated carbocycles. The Morgan fingerprint density at radius 1 is 1.44 bits per heavy atom. The molecule has 0 unspecified atom stereocenters. The number of aromatic nitrogens is 3. The van der Waals surface area contributed by atoms with Crippen LogP contribution in [0.3, 0.4) is 0 Å². The summed E-state index contributed by atoms with van der Waals surface area (Å²) in [6.45, 7) is 1.64. The number of anilines is 1. The summed E-state index contributed by atoms with van der Waals surface area (Å²) in [5, 5.41) is 8.01. The fourth-order valence-electron chi connectivity index (χ4n) is 1.70. The Bertz CT molecular complexity index is 605. The van der Waals surface area contributed by atoms with Crippen molar-refractivity contribution < 1.29 is 0 Å². The predicted octanol–water partition coefficient (Wildman–Crippen LogP) is 0.302. The van der Waals surface area contributed by atoms with Gasteiger partial charge in [0.2, 0.25) is 0 Å². The molecule has 0 saturated heterocycles. The van der Waals surface area contributed by atoms with Gasteiger partial charge in [-0.3, -0.25) is 9.78 Å². The normalized spacial score (nSPS) is 11.1. The number of hydrogen-bond donors (Lipinski definition) is 1. The van der Waals surface area contributed by atoms with Crippen molar-refractivity contribution in [1.29, 1.82) is 0 Å². The van der Waals surface area contributed by atoms with Gasteiger partial charge in [0.25, 0.3) is 5.56 Å². The van der Waals surface area contributed by atoms with Gasteiger partial charge in [0.15, 0.2) is 5.82 Å². The topological polar surface area (TPSA) is 63.1 Å². The van der Waals surface area contributed by atoms with Gasteiger partial charge < -0.3 is 10.2 Å². The highest BCUT2D eigenvalue weighted by Gasteiger charge is 2.08. The first-order valence-electron chi connectivity index (χ1n) is 5.80. The lowest BCUT2D eigenvalue weighted by molar-refractivity contribution is 0.425. The Labute approximate surface area is 105 Å². The molecule has 2 rings (SSSR count). The van der Waals surface area contributed by atoms with E-state index in [9.17, 15) is 4.79 Å². The third-order valence-corrected chi connectivity index (χ3v) is 2.66. The van der Waals surface area contributed by atoms with Crippen LogP contribution in [0.25, 0.3) is 10.9 Å². The molecule has 0 spiro atoms. The molecule has 6 heteroatoms. The van der Waals surface area contributed by atoms with E-state index in [2.05, 4.69) is 20.3 Å². The Hall–Kier alpha value is -1.95. The van der Waals surface area contributed by atoms with Crippen molar-refractivity contribution >= 4 is 16.7 Å². The van der Waals surface area contributed by atoms with Crippen molar-refractivity contribution in [3.05, 3.63) is 28.7 Å². The Morgan fingerprint density at radius 2 is 2.22 bits per heavy atom. The molecule has 6 nitrogen and oxygen atoms in total. The van der Waals surface area contributed by atoms with E-state index in [1.54, 1.807) is 25.4 Å². The van der Waals surface area contributed by atoms with Crippen LogP contribution in [0, 0.1) is 0 Å². The van der Waals surface area contributed by atoms with Gasteiger partial charge in [0.05, 0.1) is 5.39 Å². The summed E-state index contributed by atoms with van der Waals surface area (Å²) in [6.07, 6.45) is 1.67. The van der Waals surface area contributed by atoms with Crippen LogP contribution in [-0.2, 0) is 7.05 Å². The molecular formula is C12H17N5O. The quantitative estimate of drug-likeness (QED) is 0.842. The lowest BCUT2D eigenvalue weighted by Crippen LogP contribution is -2.25. The maximum atomic E-state index is 11.9. The molecule has 0 radical (unpaired) electrons. The van der Waals surface area contributed by atoms with E-state index in [4.69, 9.17) is 0 Å². The van der Waals surface area contributed by atoms with Crippen LogP contribution in [-0.4, -0.2) is 46.8 Å². The van der Waals surface area contributed by atoms with Crippen molar-refractivity contribution in [1.82, 2.24) is 19.7 Å². The largest absolute Gasteiger partial charge is 0.366 e. The Morgan fingerprint density at radius 3 is 2.94 bits per heavy atom. The van der Waals surface area contributed by atoms with E-state index < -0.39 is 0 Å². The van der Waals surface area contributed by atoms with Crippen LogP contribution in [0.2, 0.25) is 0 Å². The molecule has 2 aromatic heterocycles. The van der Waals surface area contributed by atoms with E-state index in [1.165, 1.54) is 4.68 Å². The molecule has 96 valence electrons. The monoisotopic (exact) mass is 247 g/mol. The van der Waals surface area contributed by atoms with Crippen LogP contribution in [0.5, 0.6) is 0 Å². The number of likely N-dealkylation sites (N-methyl/N-ethyl adjacent to an activating group) is 1. The van der Waals surface area contributed by atoms with E-state index in [0.29, 0.717) is 16.7 Å². The summed E-state index contributed by atoms with van der Waals surface area (Å²) in [4.78, 5) is 18.2. The molecule has 0 aromatic carbocycles. The summed E-state index contributed by atoms with van der Waals surface area (Å²) >= 11 is 0. The summed E-state index contributed by atoms with van der Waals surface area (Å²) in [7, 11) is 5.66. The number of rotatable bonds is 4. The van der Waals surface area contributed by atoms with Gasteiger partial charge in [0.1, 0.15) is 5.52 Å². The minimum atomic E-state index is -0.128. The molecule has 0 aliphatic carbocycles. The van der Waals surface area contributed by atoms with Gasteiger partial charge >= 0.3 is 0 Å². The number of nitrogens with zero attached hydrogens (tertiary/aromatic N) is 4. The van der Waals surface area contributed by atoms with E-state index in [0.717, 1.165) is 13.1 Å². The zero-order valence-electron chi connectivity index (χ0n) is 10.8. The van der Waals surface area contributed by atoms with Gasteiger partial charge in [0, 0.05) is 26.3 Å². The van der Waals surface area contributed by atoms with E-state index in [-0.39, 0.29) is 5.56 Å². The highest BCUT2D eigenvalue weighted by atomic mass is 16.1. The molecule has 0 atom stereocenters. The summed E-state index contributed by atoms with van der Waals surface area (Å²) in [5.41, 5.74) is 0.496. The number of pyridine rings is 1. The van der Waals surface area contributed by atoms with Gasteiger partial charge in [-0.25, -0.2) is 4.68 Å². The van der Waals surface area contributed by atoms with Crippen molar-refractivity contribution in [2.75, 3.05) is 32.5 Å². The number of fused-ring (bicyclic) bond motifs is 1. The summed E-state index contributed by atoms with van der Waals surface area (Å²) < 4.78 is 1.34. The van der Waals surface area contributed by atoms with Crippen LogP contribution in [0.4, 0.5) is 5.82 Å². The van der Waals surface area contributed by atoms with Crippen molar-refractivity contribution in [3.63, 3.8) is 0 Å². The number of aryl methyl sites for hydroxylation is 1. The third-order valence-electron chi connectivity index (χ3n) is 2.66. The second-order valence-electron chi connectivity index (χ2n) is 4.41. The molecule has 0 aliphatic rings. The molecule has 18 heavy (non-hydrogen) atoms. The Kier molecular flexibility index (Phi) is 3.57. The maximum absolute atomic E-state index is 11.9. The first kappa shape index (κ1) is 12.5. The van der Waals surface area contributed by atoms with E-state index >= 15 is 0 Å². The zero-order chi connectivity index (χ0) is 13.1. The van der Waals surface area contributed by atoms with Crippen LogP contribution in [0.15, 0.2) is 23.1 Å². The van der Waals surface area contributed by atoms with Crippen LogP contribution < -0.4 is 10.9 Å². The molecular weight excluding hydrogens is 230 g/mol. The minimum absolute atomic E-state index is 0.128. The van der Waals surface area contributed by atoms with Gasteiger partial charge in [-0.2, -0.15) is 5.10 Å². The first-order chi connectivity index (χ1) is 8.59. The van der Waals surface area contributed by atoms with Gasteiger partial charge in [-0.05, 0) is 26.2 Å². The second-order valence-corrected chi connectivity index (χ2v) is 4.41. The highest BCUT2D eigenvalue weighted by Crippen LogP contribution is 2.13. The molecule has 2 heterocycles. The first-order valence-corrected chi connectivity index (χ1v) is 5.80. The van der Waals surface area contributed by atoms with Gasteiger partial charge in [-0.15, -0.1) is 0 Å². The smallest absolute Gasteiger partial charge is 0.276 e. The minimum Gasteiger partial charge on any atom is -0.366 e. The average molecular weight is 247 g/mol. The van der Waals surface area contributed by atoms with Gasteiger partial charge in [-0.1, -0.05) is 0 Å². The van der Waals surface area contributed by atoms with Crippen molar-refractivity contribution in [3.8, 4) is 0 Å². The molecule has 0 aliphatic heterocycles.